The van der Waals surface area contributed by atoms with Crippen molar-refractivity contribution in [3.05, 3.63) is 0 Å². The molecule has 214 valence electrons. The predicted octanol–water partition coefficient (Wildman–Crippen LogP) is 7.35. The van der Waals surface area contributed by atoms with Crippen LogP contribution in [0.4, 0.5) is 0 Å². The lowest BCUT2D eigenvalue weighted by Crippen LogP contribution is -2.61. The fraction of sp³-hybridized carbons (Fsp3) is 0.970. The van der Waals surface area contributed by atoms with E-state index in [9.17, 15) is 4.79 Å². The van der Waals surface area contributed by atoms with Crippen molar-refractivity contribution in [3.8, 4) is 0 Å². The molecule has 4 fully saturated rings. The molecule has 0 heterocycles. The van der Waals surface area contributed by atoms with Crippen LogP contribution in [0.25, 0.3) is 0 Å². The molecule has 0 saturated heterocycles. The summed E-state index contributed by atoms with van der Waals surface area (Å²) < 4.78 is 5.77. The Labute approximate surface area is 229 Å². The van der Waals surface area contributed by atoms with E-state index in [0.29, 0.717) is 22.8 Å². The number of rotatable bonds is 11. The van der Waals surface area contributed by atoms with Crippen LogP contribution >= 0.6 is 0 Å². The van der Waals surface area contributed by atoms with Gasteiger partial charge in [0, 0.05) is 13.0 Å². The molecule has 4 unspecified atom stereocenters. The molecule has 0 aromatic heterocycles. The highest BCUT2D eigenvalue weighted by atomic mass is 16.5. The Balaban J connectivity index is 1.53. The van der Waals surface area contributed by atoms with E-state index in [-0.39, 0.29) is 12.1 Å². The fourth-order valence-corrected chi connectivity index (χ4v) is 10.4. The zero-order chi connectivity index (χ0) is 26.8. The third-order valence-corrected chi connectivity index (χ3v) is 12.2. The van der Waals surface area contributed by atoms with Gasteiger partial charge < -0.3 is 15.8 Å². The molecule has 37 heavy (non-hydrogen) atoms. The van der Waals surface area contributed by atoms with Crippen LogP contribution in [0.1, 0.15) is 125 Å². The van der Waals surface area contributed by atoms with Gasteiger partial charge in [-0.1, -0.05) is 53.9 Å². The second kappa shape index (κ2) is 12.3. The third-order valence-electron chi connectivity index (χ3n) is 12.2. The van der Waals surface area contributed by atoms with Crippen molar-refractivity contribution in [3.63, 3.8) is 0 Å². The van der Waals surface area contributed by atoms with E-state index < -0.39 is 0 Å². The molecular weight excluding hydrogens is 456 g/mol. The first-order valence-electron chi connectivity index (χ1n) is 16.2. The van der Waals surface area contributed by atoms with E-state index in [4.69, 9.17) is 10.5 Å². The van der Waals surface area contributed by atoms with Crippen LogP contribution in [0.15, 0.2) is 0 Å². The predicted molar refractivity (Wildman–Crippen MR) is 154 cm³/mol. The average Bonchev–Trinajstić information content (AvgIpc) is 3.19. The Morgan fingerprint density at radius 2 is 1.68 bits per heavy atom. The zero-order valence-electron chi connectivity index (χ0n) is 25.2. The van der Waals surface area contributed by atoms with Gasteiger partial charge in [0.1, 0.15) is 6.10 Å². The molecule has 3 N–H and O–H groups in total. The first-order chi connectivity index (χ1) is 17.6. The van der Waals surface area contributed by atoms with E-state index in [0.717, 1.165) is 67.9 Å². The van der Waals surface area contributed by atoms with Crippen molar-refractivity contribution < 1.29 is 9.53 Å². The summed E-state index contributed by atoms with van der Waals surface area (Å²) in [4.78, 5) is 11.7. The van der Waals surface area contributed by atoms with Crippen LogP contribution in [0.3, 0.4) is 0 Å². The van der Waals surface area contributed by atoms with Crippen molar-refractivity contribution >= 4 is 5.97 Å². The van der Waals surface area contributed by atoms with Gasteiger partial charge in [-0.3, -0.25) is 4.79 Å². The number of ether oxygens (including phenoxy) is 1. The second-order valence-corrected chi connectivity index (χ2v) is 14.8. The molecule has 10 atom stereocenters. The van der Waals surface area contributed by atoms with Crippen molar-refractivity contribution in [1.82, 2.24) is 5.32 Å². The fourth-order valence-electron chi connectivity index (χ4n) is 10.4. The van der Waals surface area contributed by atoms with Gasteiger partial charge in [0.05, 0.1) is 0 Å². The molecule has 0 aromatic carbocycles. The topological polar surface area (TPSA) is 64.3 Å². The van der Waals surface area contributed by atoms with Crippen LogP contribution in [-0.2, 0) is 9.53 Å². The Morgan fingerprint density at radius 1 is 0.946 bits per heavy atom. The minimum absolute atomic E-state index is 0.105. The number of hydrogen-bond donors (Lipinski definition) is 2. The van der Waals surface area contributed by atoms with Crippen LogP contribution in [-0.4, -0.2) is 31.2 Å². The van der Waals surface area contributed by atoms with Gasteiger partial charge in [0.25, 0.3) is 0 Å². The molecule has 4 saturated carbocycles. The summed E-state index contributed by atoms with van der Waals surface area (Å²) in [5.41, 5.74) is 6.74. The normalized spacial score (nSPS) is 42.1. The lowest BCUT2D eigenvalue weighted by molar-refractivity contribution is -0.164. The van der Waals surface area contributed by atoms with Gasteiger partial charge in [-0.25, -0.2) is 0 Å². The third kappa shape index (κ3) is 6.11. The first-order valence-corrected chi connectivity index (χ1v) is 16.2. The number of unbranched alkanes of at least 4 members (excludes halogenated alkanes) is 1. The molecular formula is C33H60N2O2. The van der Waals surface area contributed by atoms with Crippen molar-refractivity contribution in [1.29, 1.82) is 0 Å². The van der Waals surface area contributed by atoms with Gasteiger partial charge in [-0.15, -0.1) is 0 Å². The maximum atomic E-state index is 11.7. The largest absolute Gasteiger partial charge is 0.463 e. The van der Waals surface area contributed by atoms with E-state index in [1.54, 1.807) is 6.92 Å². The molecule has 4 aliphatic rings. The Kier molecular flexibility index (Phi) is 9.75. The summed E-state index contributed by atoms with van der Waals surface area (Å²) in [5, 5.41) is 4.12. The molecule has 4 aliphatic carbocycles. The van der Waals surface area contributed by atoms with Gasteiger partial charge in [0.2, 0.25) is 0 Å². The number of esters is 1. The first kappa shape index (κ1) is 29.4. The summed E-state index contributed by atoms with van der Waals surface area (Å²) in [6.45, 7) is 16.1. The van der Waals surface area contributed by atoms with Gasteiger partial charge >= 0.3 is 5.97 Å². The van der Waals surface area contributed by atoms with Crippen molar-refractivity contribution in [2.75, 3.05) is 13.1 Å². The number of nitrogens with one attached hydrogen (secondary N) is 1. The minimum atomic E-state index is -0.105. The molecule has 0 aliphatic heterocycles. The van der Waals surface area contributed by atoms with Crippen LogP contribution < -0.4 is 11.1 Å². The lowest BCUT2D eigenvalue weighted by atomic mass is 9.43. The standard InChI is InChI=1S/C33H60N2O2/c1-22(2)10-9-11-23(3)27-12-13-28-31-29(15-17-33(27,28)6)32(5)16-14-26(37-24(4)36)20-25(32)21-30(31)35-19-8-7-18-34/h22-23,25-31,35H,7-21,34H2,1-6H3/t23-,25-,26+,27-,28?,29?,30?,31?,32+,33-/m1/s1. The zero-order valence-corrected chi connectivity index (χ0v) is 25.2. The van der Waals surface area contributed by atoms with E-state index in [1.165, 1.54) is 64.2 Å². The highest BCUT2D eigenvalue weighted by molar-refractivity contribution is 5.66. The summed E-state index contributed by atoms with van der Waals surface area (Å²) in [5.74, 6) is 5.61. The minimum Gasteiger partial charge on any atom is -0.463 e. The van der Waals surface area contributed by atoms with Crippen molar-refractivity contribution in [2.45, 2.75) is 137 Å². The number of fused-ring (bicyclic) bond motifs is 5. The average molecular weight is 517 g/mol. The summed E-state index contributed by atoms with van der Waals surface area (Å²) in [6.07, 6.45) is 16.9. The molecule has 0 spiro atoms. The Morgan fingerprint density at radius 3 is 2.38 bits per heavy atom. The highest BCUT2D eigenvalue weighted by Gasteiger charge is 2.63. The lowest BCUT2D eigenvalue weighted by Gasteiger charge is -2.63. The van der Waals surface area contributed by atoms with Crippen LogP contribution in [0.5, 0.6) is 0 Å². The van der Waals surface area contributed by atoms with Gasteiger partial charge in [-0.05, 0) is 130 Å². The summed E-state index contributed by atoms with van der Waals surface area (Å²) in [7, 11) is 0. The summed E-state index contributed by atoms with van der Waals surface area (Å²) >= 11 is 0. The number of carbonyl (C=O) groups excluding carboxylic acids is 1. The van der Waals surface area contributed by atoms with Crippen LogP contribution in [0.2, 0.25) is 0 Å². The SMILES string of the molecule is CC(=O)O[C@H]1CC[C@]2(C)C3CC[C@@]4(C)C(CC[C@@H]4[C@H](C)CCCC(C)C)C3C(NCCCCN)C[C@H]2C1. The smallest absolute Gasteiger partial charge is 0.302 e. The monoisotopic (exact) mass is 516 g/mol. The van der Waals surface area contributed by atoms with E-state index >= 15 is 0 Å². The van der Waals surface area contributed by atoms with E-state index in [1.807, 2.05) is 0 Å². The quantitative estimate of drug-likeness (QED) is 0.223. The highest BCUT2D eigenvalue weighted by Crippen LogP contribution is 2.68. The Hall–Kier alpha value is -0.610. The molecule has 0 aromatic rings. The maximum absolute atomic E-state index is 11.7. The maximum Gasteiger partial charge on any atom is 0.302 e. The number of carbonyl (C=O) groups is 1. The van der Waals surface area contributed by atoms with Gasteiger partial charge in [-0.2, -0.15) is 0 Å². The van der Waals surface area contributed by atoms with Crippen molar-refractivity contribution in [2.24, 2.45) is 58.0 Å². The molecule has 0 radical (unpaired) electrons. The second-order valence-electron chi connectivity index (χ2n) is 14.8. The van der Waals surface area contributed by atoms with E-state index in [2.05, 4.69) is 39.9 Å². The molecule has 4 rings (SSSR count). The number of nitrogens with two attached hydrogens (primary N) is 1. The molecule has 4 nitrogen and oxygen atoms in total. The van der Waals surface area contributed by atoms with Crippen LogP contribution in [0, 0.1) is 52.3 Å². The molecule has 0 bridgehead atoms. The number of hydrogen-bond acceptors (Lipinski definition) is 4. The molecule has 0 amide bonds. The summed E-state index contributed by atoms with van der Waals surface area (Å²) in [6, 6.07) is 0.608. The van der Waals surface area contributed by atoms with Gasteiger partial charge in [0.15, 0.2) is 0 Å². The molecule has 4 heteroatoms. The Bertz CT molecular complexity index is 755.